The fourth-order valence-corrected chi connectivity index (χ4v) is 4.71. The van der Waals surface area contributed by atoms with Crippen molar-refractivity contribution in [3.63, 3.8) is 0 Å². The number of nitrogens with one attached hydrogen (secondary N) is 1. The molecule has 1 amide bonds. The van der Waals surface area contributed by atoms with Crippen molar-refractivity contribution in [1.82, 2.24) is 25.1 Å². The van der Waals surface area contributed by atoms with Gasteiger partial charge in [0.25, 0.3) is 5.91 Å². The Kier molecular flexibility index (Phi) is 6.56. The van der Waals surface area contributed by atoms with Gasteiger partial charge in [-0.05, 0) is 55.0 Å². The van der Waals surface area contributed by atoms with Gasteiger partial charge in [0.05, 0.1) is 22.3 Å². The second-order valence-corrected chi connectivity index (χ2v) is 9.63. The average Bonchev–Trinajstić information content (AvgIpc) is 3.19. The highest BCUT2D eigenvalue weighted by Crippen LogP contribution is 2.30. The van der Waals surface area contributed by atoms with E-state index in [1.54, 1.807) is 35.1 Å². The van der Waals surface area contributed by atoms with Crippen LogP contribution in [0.1, 0.15) is 21.6 Å². The number of hydrogen-bond donors (Lipinski definition) is 1. The second kappa shape index (κ2) is 9.77. The van der Waals surface area contributed by atoms with Gasteiger partial charge in [-0.1, -0.05) is 63.4 Å². The molecule has 0 aliphatic rings. The van der Waals surface area contributed by atoms with Gasteiger partial charge in [0.1, 0.15) is 0 Å². The maximum Gasteiger partial charge on any atom is 0.252 e. The maximum absolute atomic E-state index is 13.5. The summed E-state index contributed by atoms with van der Waals surface area (Å²) in [6.07, 6.45) is 1.69. The van der Waals surface area contributed by atoms with Gasteiger partial charge < -0.3 is 5.32 Å². The molecule has 0 aliphatic carbocycles. The second-order valence-electron chi connectivity index (χ2n) is 7.87. The molecule has 6 nitrogen and oxygen atoms in total. The molecule has 5 rings (SSSR count). The first-order valence-electron chi connectivity index (χ1n) is 10.7. The summed E-state index contributed by atoms with van der Waals surface area (Å²) in [6, 6.07) is 20.3. The van der Waals surface area contributed by atoms with Crippen LogP contribution in [-0.4, -0.2) is 25.7 Å². The number of aryl methyl sites for hydroxylation is 1. The van der Waals surface area contributed by atoms with Crippen LogP contribution in [0.5, 0.6) is 0 Å². The summed E-state index contributed by atoms with van der Waals surface area (Å²) in [4.78, 5) is 22.8. The van der Waals surface area contributed by atoms with E-state index in [1.807, 2.05) is 49.4 Å². The van der Waals surface area contributed by atoms with Crippen molar-refractivity contribution in [2.24, 2.45) is 0 Å². The molecule has 0 spiro atoms. The summed E-state index contributed by atoms with van der Waals surface area (Å²) in [5.41, 5.74) is 3.97. The number of nitrogens with zero attached hydrogens (tertiary/aromatic N) is 4. The molecule has 5 aromatic rings. The summed E-state index contributed by atoms with van der Waals surface area (Å²) >= 11 is 15.8. The van der Waals surface area contributed by atoms with Crippen LogP contribution in [0.25, 0.3) is 28.1 Å². The lowest BCUT2D eigenvalue weighted by Crippen LogP contribution is -2.23. The standard InChI is InChI=1S/C26H18BrCl2N5O/c1-15-24-20(26(35)31-14-17-8-9-19(28)12-21(17)29)13-22(16-5-4-6-18(27)11-16)32-25(24)34(33-15)23-7-2-3-10-30-23/h2-13H,14H2,1H3,(H,31,35). The quantitative estimate of drug-likeness (QED) is 0.254. The highest BCUT2D eigenvalue weighted by Gasteiger charge is 2.21. The third-order valence-corrected chi connectivity index (χ3v) is 6.58. The largest absolute Gasteiger partial charge is 0.348 e. The van der Waals surface area contributed by atoms with Crippen LogP contribution in [-0.2, 0) is 6.54 Å². The smallest absolute Gasteiger partial charge is 0.252 e. The zero-order chi connectivity index (χ0) is 24.5. The molecule has 0 fully saturated rings. The van der Waals surface area contributed by atoms with E-state index >= 15 is 0 Å². The SMILES string of the molecule is Cc1nn(-c2ccccn2)c2nc(-c3cccc(Br)c3)cc(C(=O)NCc3ccc(Cl)cc3Cl)c12. The molecule has 3 heterocycles. The summed E-state index contributed by atoms with van der Waals surface area (Å²) < 4.78 is 2.58. The van der Waals surface area contributed by atoms with Crippen LogP contribution in [0, 0.1) is 6.92 Å². The number of benzene rings is 2. The van der Waals surface area contributed by atoms with Gasteiger partial charge in [-0.3, -0.25) is 4.79 Å². The van der Waals surface area contributed by atoms with Gasteiger partial charge in [-0.25, -0.2) is 9.97 Å². The molecule has 1 N–H and O–H groups in total. The molecule has 2 aromatic carbocycles. The molecule has 0 saturated carbocycles. The van der Waals surface area contributed by atoms with E-state index in [2.05, 4.69) is 31.3 Å². The number of pyridine rings is 2. The summed E-state index contributed by atoms with van der Waals surface area (Å²) in [6.45, 7) is 2.10. The molecule has 0 aliphatic heterocycles. The van der Waals surface area contributed by atoms with Gasteiger partial charge in [0.15, 0.2) is 11.5 Å². The topological polar surface area (TPSA) is 72.7 Å². The Morgan fingerprint density at radius 2 is 1.91 bits per heavy atom. The zero-order valence-electron chi connectivity index (χ0n) is 18.5. The van der Waals surface area contributed by atoms with Crippen molar-refractivity contribution >= 4 is 56.1 Å². The number of fused-ring (bicyclic) bond motifs is 1. The minimum Gasteiger partial charge on any atom is -0.348 e. The van der Waals surface area contributed by atoms with Crippen LogP contribution in [0.4, 0.5) is 0 Å². The first-order chi connectivity index (χ1) is 16.9. The molecular weight excluding hydrogens is 549 g/mol. The van der Waals surface area contributed by atoms with Crippen LogP contribution in [0.15, 0.2) is 77.4 Å². The van der Waals surface area contributed by atoms with Crippen molar-refractivity contribution in [3.05, 3.63) is 104 Å². The normalized spacial score (nSPS) is 11.1. The Hall–Kier alpha value is -3.26. The Balaban J connectivity index is 1.63. The lowest BCUT2D eigenvalue weighted by molar-refractivity contribution is 0.0952. The predicted octanol–water partition coefficient (Wildman–Crippen LogP) is 6.79. The van der Waals surface area contributed by atoms with Crippen LogP contribution < -0.4 is 5.32 Å². The molecule has 0 unspecified atom stereocenters. The molecule has 9 heteroatoms. The molecule has 0 saturated heterocycles. The highest BCUT2D eigenvalue weighted by molar-refractivity contribution is 9.10. The first kappa shape index (κ1) is 23.5. The van der Waals surface area contributed by atoms with E-state index in [9.17, 15) is 4.79 Å². The molecular formula is C26H18BrCl2N5O. The van der Waals surface area contributed by atoms with Crippen LogP contribution in [0.3, 0.4) is 0 Å². The average molecular weight is 567 g/mol. The maximum atomic E-state index is 13.5. The number of halogens is 3. The van der Waals surface area contributed by atoms with Crippen molar-refractivity contribution < 1.29 is 4.79 Å². The molecule has 0 atom stereocenters. The van der Waals surface area contributed by atoms with Gasteiger partial charge in [0.2, 0.25) is 0 Å². The van der Waals surface area contributed by atoms with Crippen molar-refractivity contribution in [1.29, 1.82) is 0 Å². The molecule has 174 valence electrons. The van der Waals surface area contributed by atoms with E-state index in [4.69, 9.17) is 28.2 Å². The Morgan fingerprint density at radius 3 is 2.66 bits per heavy atom. The summed E-state index contributed by atoms with van der Waals surface area (Å²) in [7, 11) is 0. The van der Waals surface area contributed by atoms with Crippen molar-refractivity contribution in [2.75, 3.05) is 0 Å². The van der Waals surface area contributed by atoms with Gasteiger partial charge in [-0.15, -0.1) is 0 Å². The third-order valence-electron chi connectivity index (χ3n) is 5.50. The number of amides is 1. The van der Waals surface area contributed by atoms with Gasteiger partial charge in [0, 0.05) is 32.8 Å². The van der Waals surface area contributed by atoms with Gasteiger partial charge >= 0.3 is 0 Å². The molecule has 0 radical (unpaired) electrons. The lowest BCUT2D eigenvalue weighted by atomic mass is 10.0. The van der Waals surface area contributed by atoms with Gasteiger partial charge in [-0.2, -0.15) is 9.78 Å². The van der Waals surface area contributed by atoms with E-state index < -0.39 is 0 Å². The third kappa shape index (κ3) is 4.80. The van der Waals surface area contributed by atoms with Crippen LogP contribution in [0.2, 0.25) is 10.0 Å². The summed E-state index contributed by atoms with van der Waals surface area (Å²) in [5, 5.41) is 9.33. The number of carbonyl (C=O) groups is 1. The molecule has 35 heavy (non-hydrogen) atoms. The van der Waals surface area contributed by atoms with Crippen molar-refractivity contribution in [2.45, 2.75) is 13.5 Å². The number of aromatic nitrogens is 4. The predicted molar refractivity (Wildman–Crippen MR) is 142 cm³/mol. The zero-order valence-corrected chi connectivity index (χ0v) is 21.6. The Labute approximate surface area is 220 Å². The number of carbonyl (C=O) groups excluding carboxylic acids is 1. The Bertz CT molecular complexity index is 1570. The molecule has 0 bridgehead atoms. The minimum absolute atomic E-state index is 0.248. The number of hydrogen-bond acceptors (Lipinski definition) is 4. The summed E-state index contributed by atoms with van der Waals surface area (Å²) in [5.74, 6) is 0.354. The molecule has 3 aromatic heterocycles. The first-order valence-corrected chi connectivity index (χ1v) is 12.3. The highest BCUT2D eigenvalue weighted by atomic mass is 79.9. The van der Waals surface area contributed by atoms with Crippen molar-refractivity contribution in [3.8, 4) is 17.1 Å². The monoisotopic (exact) mass is 565 g/mol. The Morgan fingerprint density at radius 1 is 1.06 bits per heavy atom. The minimum atomic E-state index is -0.261. The number of rotatable bonds is 5. The van der Waals surface area contributed by atoms with E-state index in [0.29, 0.717) is 43.8 Å². The van der Waals surface area contributed by atoms with E-state index in [0.717, 1.165) is 15.6 Å². The van der Waals surface area contributed by atoms with E-state index in [1.165, 1.54) is 0 Å². The lowest BCUT2D eigenvalue weighted by Gasteiger charge is -2.11. The van der Waals surface area contributed by atoms with Crippen LogP contribution >= 0.6 is 39.1 Å². The fraction of sp³-hybridized carbons (Fsp3) is 0.0769. The fourth-order valence-electron chi connectivity index (χ4n) is 3.84. The van der Waals surface area contributed by atoms with E-state index in [-0.39, 0.29) is 12.5 Å².